The van der Waals surface area contributed by atoms with E-state index in [0.717, 1.165) is 0 Å². The summed E-state index contributed by atoms with van der Waals surface area (Å²) in [6.45, 7) is 0. The summed E-state index contributed by atoms with van der Waals surface area (Å²) in [5.41, 5.74) is 2.52. The number of phenols is 2. The van der Waals surface area contributed by atoms with Gasteiger partial charge in [0.2, 0.25) is 0 Å². The predicted octanol–water partition coefficient (Wildman–Crippen LogP) is 2.00. The Morgan fingerprint density at radius 1 is 1.15 bits per heavy atom. The van der Waals surface area contributed by atoms with E-state index in [1.807, 2.05) is 0 Å². The quantitative estimate of drug-likeness (QED) is 0.455. The zero-order valence-corrected chi connectivity index (χ0v) is 10.2. The Morgan fingerprint density at radius 2 is 1.90 bits per heavy atom. The molecule has 2 aromatic rings. The summed E-state index contributed by atoms with van der Waals surface area (Å²) >= 11 is 0. The third-order valence-corrected chi connectivity index (χ3v) is 2.50. The Kier molecular flexibility index (Phi) is 3.95. The fraction of sp³-hybridized carbons (Fsp3) is 0. The summed E-state index contributed by atoms with van der Waals surface area (Å²) in [7, 11) is 0. The number of hydrazone groups is 1. The van der Waals surface area contributed by atoms with E-state index in [9.17, 15) is 14.3 Å². The van der Waals surface area contributed by atoms with Crippen LogP contribution in [0.15, 0.2) is 47.6 Å². The highest BCUT2D eigenvalue weighted by molar-refractivity contribution is 5.95. The molecule has 0 heterocycles. The van der Waals surface area contributed by atoms with E-state index < -0.39 is 11.7 Å². The van der Waals surface area contributed by atoms with Crippen LogP contribution in [0.5, 0.6) is 11.5 Å². The van der Waals surface area contributed by atoms with Gasteiger partial charge in [-0.2, -0.15) is 5.10 Å². The molecule has 0 bridgehead atoms. The number of hydrogen-bond donors (Lipinski definition) is 3. The SMILES string of the molecule is O=C(NN=Cc1ccc(O)c(O)c1)c1ccccc1F. The summed E-state index contributed by atoms with van der Waals surface area (Å²) in [6, 6.07) is 9.59. The number of benzene rings is 2. The maximum Gasteiger partial charge on any atom is 0.274 e. The average molecular weight is 274 g/mol. The standard InChI is InChI=1S/C14H11FN2O3/c15-11-4-2-1-3-10(11)14(20)17-16-8-9-5-6-12(18)13(19)7-9/h1-8,18-19H,(H,17,20). The fourth-order valence-electron chi connectivity index (χ4n) is 1.49. The van der Waals surface area contributed by atoms with Crippen molar-refractivity contribution in [2.45, 2.75) is 0 Å². The van der Waals surface area contributed by atoms with Crippen molar-refractivity contribution in [3.63, 3.8) is 0 Å². The second-order valence-electron chi connectivity index (χ2n) is 3.93. The highest BCUT2D eigenvalue weighted by Gasteiger charge is 2.09. The molecule has 0 fully saturated rings. The molecule has 0 saturated carbocycles. The number of carbonyl (C=O) groups is 1. The van der Waals surface area contributed by atoms with E-state index in [2.05, 4.69) is 10.5 Å². The number of amides is 1. The third-order valence-electron chi connectivity index (χ3n) is 2.50. The molecule has 0 unspecified atom stereocenters. The minimum absolute atomic E-state index is 0.113. The van der Waals surface area contributed by atoms with Gasteiger partial charge in [0.05, 0.1) is 11.8 Å². The average Bonchev–Trinajstić information content (AvgIpc) is 2.43. The van der Waals surface area contributed by atoms with Gasteiger partial charge in [-0.15, -0.1) is 0 Å². The number of carbonyl (C=O) groups excluding carboxylic acids is 1. The van der Waals surface area contributed by atoms with Crippen molar-refractivity contribution in [1.29, 1.82) is 0 Å². The number of aromatic hydroxyl groups is 2. The first kappa shape index (κ1) is 13.5. The maximum atomic E-state index is 13.3. The van der Waals surface area contributed by atoms with E-state index in [1.165, 1.54) is 42.6 Å². The molecule has 102 valence electrons. The smallest absolute Gasteiger partial charge is 0.274 e. The molecule has 0 aromatic heterocycles. The van der Waals surface area contributed by atoms with Crippen molar-refractivity contribution < 1.29 is 19.4 Å². The maximum absolute atomic E-state index is 13.3. The first-order chi connectivity index (χ1) is 9.58. The van der Waals surface area contributed by atoms with Crippen LogP contribution in [0.1, 0.15) is 15.9 Å². The van der Waals surface area contributed by atoms with Gasteiger partial charge in [0.1, 0.15) is 5.82 Å². The molecular weight excluding hydrogens is 263 g/mol. The highest BCUT2D eigenvalue weighted by atomic mass is 19.1. The van der Waals surface area contributed by atoms with E-state index in [-0.39, 0.29) is 17.1 Å². The molecule has 0 aliphatic carbocycles. The van der Waals surface area contributed by atoms with Gasteiger partial charge in [0, 0.05) is 0 Å². The molecule has 0 aliphatic rings. The van der Waals surface area contributed by atoms with Crippen LogP contribution in [0.25, 0.3) is 0 Å². The zero-order chi connectivity index (χ0) is 14.5. The van der Waals surface area contributed by atoms with Crippen molar-refractivity contribution in [2.24, 2.45) is 5.10 Å². The minimum Gasteiger partial charge on any atom is -0.504 e. The van der Waals surface area contributed by atoms with Crippen LogP contribution in [0.3, 0.4) is 0 Å². The van der Waals surface area contributed by atoms with Gasteiger partial charge in [-0.05, 0) is 35.9 Å². The Balaban J connectivity index is 2.05. The molecule has 1 amide bonds. The largest absolute Gasteiger partial charge is 0.504 e. The molecular formula is C14H11FN2O3. The second-order valence-corrected chi connectivity index (χ2v) is 3.93. The van der Waals surface area contributed by atoms with E-state index in [1.54, 1.807) is 6.07 Å². The molecule has 6 heteroatoms. The molecule has 2 aromatic carbocycles. The summed E-state index contributed by atoms with van der Waals surface area (Å²) in [5, 5.41) is 22.1. The Morgan fingerprint density at radius 3 is 2.60 bits per heavy atom. The summed E-state index contributed by atoms with van der Waals surface area (Å²) in [4.78, 5) is 11.6. The Bertz CT molecular complexity index is 671. The van der Waals surface area contributed by atoms with Gasteiger partial charge in [-0.1, -0.05) is 12.1 Å². The van der Waals surface area contributed by atoms with Crippen molar-refractivity contribution in [3.8, 4) is 11.5 Å². The number of nitrogens with one attached hydrogen (secondary N) is 1. The third kappa shape index (κ3) is 3.11. The molecule has 0 radical (unpaired) electrons. The molecule has 0 aliphatic heterocycles. The second kappa shape index (κ2) is 5.83. The zero-order valence-electron chi connectivity index (χ0n) is 10.2. The summed E-state index contributed by atoms with van der Waals surface area (Å²) in [5.74, 6) is -1.86. The summed E-state index contributed by atoms with van der Waals surface area (Å²) < 4.78 is 13.3. The van der Waals surface area contributed by atoms with Crippen LogP contribution in [0.2, 0.25) is 0 Å². The van der Waals surface area contributed by atoms with Gasteiger partial charge in [0.15, 0.2) is 11.5 Å². The number of nitrogens with zero attached hydrogens (tertiary/aromatic N) is 1. The van der Waals surface area contributed by atoms with Gasteiger partial charge in [-0.25, -0.2) is 9.82 Å². The molecule has 3 N–H and O–H groups in total. The monoisotopic (exact) mass is 274 g/mol. The number of halogens is 1. The predicted molar refractivity (Wildman–Crippen MR) is 71.2 cm³/mol. The Labute approximate surface area is 114 Å². The minimum atomic E-state index is -0.678. The molecule has 20 heavy (non-hydrogen) atoms. The van der Waals surface area contributed by atoms with Gasteiger partial charge in [0.25, 0.3) is 5.91 Å². The lowest BCUT2D eigenvalue weighted by Crippen LogP contribution is -2.18. The van der Waals surface area contributed by atoms with Crippen molar-refractivity contribution in [2.75, 3.05) is 0 Å². The highest BCUT2D eigenvalue weighted by Crippen LogP contribution is 2.23. The van der Waals surface area contributed by atoms with Gasteiger partial charge < -0.3 is 10.2 Å². The van der Waals surface area contributed by atoms with E-state index in [4.69, 9.17) is 5.11 Å². The Hall–Kier alpha value is -2.89. The van der Waals surface area contributed by atoms with Gasteiger partial charge in [-0.3, -0.25) is 4.79 Å². The lowest BCUT2D eigenvalue weighted by Gasteiger charge is -2.01. The van der Waals surface area contributed by atoms with E-state index in [0.29, 0.717) is 5.56 Å². The lowest BCUT2D eigenvalue weighted by molar-refractivity contribution is 0.0951. The van der Waals surface area contributed by atoms with Crippen molar-refractivity contribution >= 4 is 12.1 Å². The first-order valence-corrected chi connectivity index (χ1v) is 5.68. The van der Waals surface area contributed by atoms with Crippen molar-refractivity contribution in [1.82, 2.24) is 5.43 Å². The van der Waals surface area contributed by atoms with Crippen LogP contribution in [-0.2, 0) is 0 Å². The lowest BCUT2D eigenvalue weighted by atomic mass is 10.2. The van der Waals surface area contributed by atoms with Crippen LogP contribution < -0.4 is 5.43 Å². The number of phenolic OH excluding ortho intramolecular Hbond substituents is 2. The van der Waals surface area contributed by atoms with Crippen LogP contribution in [-0.4, -0.2) is 22.3 Å². The molecule has 0 spiro atoms. The van der Waals surface area contributed by atoms with Crippen LogP contribution in [0, 0.1) is 5.82 Å². The molecule has 0 saturated heterocycles. The first-order valence-electron chi connectivity index (χ1n) is 5.68. The van der Waals surface area contributed by atoms with Crippen LogP contribution in [0.4, 0.5) is 4.39 Å². The summed E-state index contributed by atoms with van der Waals surface area (Å²) in [6.07, 6.45) is 1.26. The molecule has 5 nitrogen and oxygen atoms in total. The fourth-order valence-corrected chi connectivity index (χ4v) is 1.49. The van der Waals surface area contributed by atoms with E-state index >= 15 is 0 Å². The molecule has 2 rings (SSSR count). The van der Waals surface area contributed by atoms with Gasteiger partial charge >= 0.3 is 0 Å². The normalized spacial score (nSPS) is 10.7. The van der Waals surface area contributed by atoms with Crippen molar-refractivity contribution in [3.05, 3.63) is 59.4 Å². The number of rotatable bonds is 3. The topological polar surface area (TPSA) is 81.9 Å². The number of hydrogen-bond acceptors (Lipinski definition) is 4. The molecule has 0 atom stereocenters. The van der Waals surface area contributed by atoms with Crippen LogP contribution >= 0.6 is 0 Å².